The summed E-state index contributed by atoms with van der Waals surface area (Å²) in [6.45, 7) is 14.5. The highest BCUT2D eigenvalue weighted by atomic mass is 28.3. The van der Waals surface area contributed by atoms with Crippen molar-refractivity contribution in [3.63, 3.8) is 0 Å². The van der Waals surface area contributed by atoms with Crippen LogP contribution in [0, 0.1) is 0 Å². The maximum Gasteiger partial charge on any atom is 0.0868 e. The van der Waals surface area contributed by atoms with Crippen molar-refractivity contribution >= 4 is 8.07 Å². The van der Waals surface area contributed by atoms with Crippen molar-refractivity contribution in [3.8, 4) is 0 Å². The molecule has 2 atom stereocenters. The molecule has 1 fully saturated rings. The lowest BCUT2D eigenvalue weighted by Gasteiger charge is -2.41. The molecule has 1 aliphatic rings. The van der Waals surface area contributed by atoms with Crippen molar-refractivity contribution < 1.29 is 4.74 Å². The fourth-order valence-electron chi connectivity index (χ4n) is 2.55. The summed E-state index contributed by atoms with van der Waals surface area (Å²) in [5.41, 5.74) is 0.592. The van der Waals surface area contributed by atoms with Gasteiger partial charge in [-0.25, -0.2) is 0 Å². The first-order valence-corrected chi connectivity index (χ1v) is 10.5. The number of ether oxygens (including phenoxy) is 1. The Kier molecular flexibility index (Phi) is 5.27. The molecule has 0 aromatic rings. The molecule has 0 aromatic heterocycles. The van der Waals surface area contributed by atoms with Crippen LogP contribution in [0.5, 0.6) is 0 Å². The van der Waals surface area contributed by atoms with Crippen LogP contribution in [0.2, 0.25) is 18.1 Å². The zero-order valence-corrected chi connectivity index (χ0v) is 13.8. The van der Waals surface area contributed by atoms with Gasteiger partial charge < -0.3 is 4.74 Å². The summed E-state index contributed by atoms with van der Waals surface area (Å²) >= 11 is 0. The molecule has 0 N–H and O–H groups in total. The summed E-state index contributed by atoms with van der Waals surface area (Å²) in [5.74, 6) is 0. The molecule has 0 amide bonds. The molecule has 0 bridgehead atoms. The van der Waals surface area contributed by atoms with Gasteiger partial charge in [-0.15, -0.1) is 0 Å². The Morgan fingerprint density at radius 1 is 1.12 bits per heavy atom. The normalized spacial score (nSPS) is 26.5. The van der Waals surface area contributed by atoms with E-state index >= 15 is 0 Å². The van der Waals surface area contributed by atoms with Crippen LogP contribution in [0.4, 0.5) is 0 Å². The van der Waals surface area contributed by atoms with Crippen LogP contribution in [-0.4, -0.2) is 19.9 Å². The van der Waals surface area contributed by atoms with Crippen LogP contribution >= 0.6 is 0 Å². The summed E-state index contributed by atoms with van der Waals surface area (Å²) in [4.78, 5) is 0. The van der Waals surface area contributed by atoms with Gasteiger partial charge in [0, 0.05) is 5.73 Å². The van der Waals surface area contributed by atoms with Crippen LogP contribution in [-0.2, 0) is 4.74 Å². The average Bonchev–Trinajstić information content (AvgIpc) is 2.65. The molecule has 1 rings (SSSR count). The summed E-state index contributed by atoms with van der Waals surface area (Å²) < 4.78 is 6.36. The molecule has 0 aliphatic carbocycles. The van der Waals surface area contributed by atoms with Gasteiger partial charge in [0.05, 0.1) is 14.2 Å². The summed E-state index contributed by atoms with van der Waals surface area (Å²) in [6, 6.07) is 0. The SMILES string of the molecule is CCCCC[C@H]1CC[C@@H]([Si](C)(C)C(C)(C)C)O1. The molecule has 17 heavy (non-hydrogen) atoms. The predicted octanol–water partition coefficient (Wildman–Crippen LogP) is 5.16. The molecular formula is C15H32OSi. The Hall–Kier alpha value is 0.177. The second-order valence-corrected chi connectivity index (χ2v) is 12.9. The monoisotopic (exact) mass is 256 g/mol. The van der Waals surface area contributed by atoms with E-state index in [4.69, 9.17) is 4.74 Å². The molecule has 1 aliphatic heterocycles. The third-order valence-corrected chi connectivity index (χ3v) is 10.9. The Morgan fingerprint density at radius 3 is 2.29 bits per heavy atom. The second-order valence-electron chi connectivity index (χ2n) is 7.29. The maximum absolute atomic E-state index is 6.36. The fourth-order valence-corrected chi connectivity index (χ4v) is 4.94. The van der Waals surface area contributed by atoms with Crippen LogP contribution < -0.4 is 0 Å². The van der Waals surface area contributed by atoms with Crippen LogP contribution in [0.1, 0.15) is 66.2 Å². The van der Waals surface area contributed by atoms with Gasteiger partial charge in [0.25, 0.3) is 0 Å². The standard InChI is InChI=1S/C15H32OSi/c1-7-8-9-10-13-11-12-14(16-13)17(5,6)15(2,3)4/h13-14H,7-12H2,1-6H3/t13-,14+/m0/s1. The topological polar surface area (TPSA) is 9.23 Å². The molecule has 0 spiro atoms. The smallest absolute Gasteiger partial charge is 0.0868 e. The van der Waals surface area contributed by atoms with E-state index in [1.807, 2.05) is 0 Å². The minimum Gasteiger partial charge on any atom is -0.378 e. The summed E-state index contributed by atoms with van der Waals surface area (Å²) in [7, 11) is -1.28. The minimum atomic E-state index is -1.28. The third kappa shape index (κ3) is 3.82. The van der Waals surface area contributed by atoms with Crippen molar-refractivity contribution in [2.45, 2.75) is 96.2 Å². The third-order valence-electron chi connectivity index (χ3n) is 4.98. The first-order chi connectivity index (χ1) is 7.79. The molecule has 102 valence electrons. The van der Waals surface area contributed by atoms with E-state index in [1.54, 1.807) is 0 Å². The molecule has 2 heteroatoms. The summed E-state index contributed by atoms with van der Waals surface area (Å²) in [6.07, 6.45) is 8.52. The molecule has 0 radical (unpaired) electrons. The van der Waals surface area contributed by atoms with Crippen LogP contribution in [0.15, 0.2) is 0 Å². The molecule has 0 saturated carbocycles. The highest BCUT2D eigenvalue weighted by molar-refractivity contribution is 6.81. The molecule has 0 aromatic carbocycles. The molecule has 1 saturated heterocycles. The lowest BCUT2D eigenvalue weighted by molar-refractivity contribution is 0.0726. The second kappa shape index (κ2) is 5.88. The van der Waals surface area contributed by atoms with Crippen molar-refractivity contribution in [2.24, 2.45) is 0 Å². The summed E-state index contributed by atoms with van der Waals surface area (Å²) in [5, 5.41) is 0.454. The van der Waals surface area contributed by atoms with E-state index < -0.39 is 8.07 Å². The Morgan fingerprint density at radius 2 is 1.76 bits per heavy atom. The van der Waals surface area contributed by atoms with E-state index in [0.29, 0.717) is 16.9 Å². The Balaban J connectivity index is 2.44. The number of hydrogen-bond donors (Lipinski definition) is 0. The molecule has 0 unspecified atom stereocenters. The molecule has 1 nitrogen and oxygen atoms in total. The van der Waals surface area contributed by atoms with Gasteiger partial charge >= 0.3 is 0 Å². The van der Waals surface area contributed by atoms with Gasteiger partial charge in [-0.3, -0.25) is 0 Å². The van der Waals surface area contributed by atoms with Gasteiger partial charge in [-0.05, 0) is 24.3 Å². The van der Waals surface area contributed by atoms with E-state index in [9.17, 15) is 0 Å². The van der Waals surface area contributed by atoms with Crippen molar-refractivity contribution in [3.05, 3.63) is 0 Å². The number of rotatable bonds is 5. The lowest BCUT2D eigenvalue weighted by atomic mass is 10.1. The van der Waals surface area contributed by atoms with Crippen molar-refractivity contribution in [2.75, 3.05) is 0 Å². The van der Waals surface area contributed by atoms with E-state index in [0.717, 1.165) is 0 Å². The van der Waals surface area contributed by atoms with Gasteiger partial charge in [-0.1, -0.05) is 60.1 Å². The van der Waals surface area contributed by atoms with Gasteiger partial charge in [-0.2, -0.15) is 0 Å². The first-order valence-electron chi connectivity index (χ1n) is 7.44. The molecule has 1 heterocycles. The van der Waals surface area contributed by atoms with Crippen LogP contribution in [0.25, 0.3) is 0 Å². The predicted molar refractivity (Wildman–Crippen MR) is 79.2 cm³/mol. The zero-order chi connectivity index (χ0) is 13.1. The highest BCUT2D eigenvalue weighted by Gasteiger charge is 2.45. The molecular weight excluding hydrogens is 224 g/mol. The zero-order valence-electron chi connectivity index (χ0n) is 12.8. The number of unbranched alkanes of at least 4 members (excludes halogenated alkanes) is 2. The van der Waals surface area contributed by atoms with Crippen molar-refractivity contribution in [1.82, 2.24) is 0 Å². The van der Waals surface area contributed by atoms with Gasteiger partial charge in [0.2, 0.25) is 0 Å². The van der Waals surface area contributed by atoms with Crippen LogP contribution in [0.3, 0.4) is 0 Å². The van der Waals surface area contributed by atoms with Gasteiger partial charge in [0.1, 0.15) is 0 Å². The first kappa shape index (κ1) is 15.2. The van der Waals surface area contributed by atoms with E-state index in [-0.39, 0.29) is 0 Å². The lowest BCUT2D eigenvalue weighted by Crippen LogP contribution is -2.49. The quantitative estimate of drug-likeness (QED) is 0.487. The average molecular weight is 257 g/mol. The van der Waals surface area contributed by atoms with E-state index in [1.165, 1.54) is 38.5 Å². The van der Waals surface area contributed by atoms with E-state index in [2.05, 4.69) is 40.8 Å². The van der Waals surface area contributed by atoms with Gasteiger partial charge in [0.15, 0.2) is 0 Å². The fraction of sp³-hybridized carbons (Fsp3) is 1.00. The Labute approximate surface area is 109 Å². The largest absolute Gasteiger partial charge is 0.378 e. The highest BCUT2D eigenvalue weighted by Crippen LogP contribution is 2.43. The number of hydrogen-bond acceptors (Lipinski definition) is 1. The minimum absolute atomic E-state index is 0.454. The maximum atomic E-state index is 6.36. The van der Waals surface area contributed by atoms with Crippen molar-refractivity contribution in [1.29, 1.82) is 0 Å². The Bertz CT molecular complexity index is 230.